The monoisotopic (exact) mass is 556 g/mol. The lowest BCUT2D eigenvalue weighted by atomic mass is 9.98. The third kappa shape index (κ3) is 16.3. The summed E-state index contributed by atoms with van der Waals surface area (Å²) in [6.45, 7) is 8.08. The van der Waals surface area contributed by atoms with E-state index in [1.807, 2.05) is 6.08 Å². The maximum absolute atomic E-state index is 6.67. The molecule has 0 aromatic heterocycles. The van der Waals surface area contributed by atoms with Gasteiger partial charge in [0.2, 0.25) is 0 Å². The molecular weight excluding hydrogens is 490 g/mol. The first-order chi connectivity index (χ1) is 19.7. The van der Waals surface area contributed by atoms with Gasteiger partial charge in [-0.3, -0.25) is 0 Å². The first kappa shape index (κ1) is 35.0. The van der Waals surface area contributed by atoms with Crippen molar-refractivity contribution in [3.63, 3.8) is 0 Å². The molecule has 2 heterocycles. The van der Waals surface area contributed by atoms with Gasteiger partial charge in [0.15, 0.2) is 5.79 Å². The van der Waals surface area contributed by atoms with E-state index < -0.39 is 0 Å². The number of unbranched alkanes of at least 4 members (excludes halogenated alkanes) is 15. The molecule has 0 N–H and O–H groups in total. The number of allylic oxidation sites excluding steroid dienone is 7. The predicted octanol–water partition coefficient (Wildman–Crippen LogP) is 10.9. The molecule has 2 unspecified atom stereocenters. The van der Waals surface area contributed by atoms with Gasteiger partial charge in [-0.25, -0.2) is 0 Å². The Kier molecular flexibility index (Phi) is 20.5. The molecule has 0 spiro atoms. The Balaban J connectivity index is 1.52. The van der Waals surface area contributed by atoms with Crippen LogP contribution in [0, 0.1) is 0 Å². The fraction of sp³-hybridized carbons (Fsp3) is 0.784. The second-order valence-electron chi connectivity index (χ2n) is 12.4. The van der Waals surface area contributed by atoms with Gasteiger partial charge in [-0.05, 0) is 71.3 Å². The van der Waals surface area contributed by atoms with Crippen molar-refractivity contribution in [2.24, 2.45) is 0 Å². The minimum atomic E-state index is -0.304. The highest BCUT2D eigenvalue weighted by Crippen LogP contribution is 2.40. The van der Waals surface area contributed by atoms with Crippen LogP contribution in [0.2, 0.25) is 0 Å². The van der Waals surface area contributed by atoms with E-state index in [1.54, 1.807) is 0 Å². The molecule has 2 rings (SSSR count). The van der Waals surface area contributed by atoms with Crippen LogP contribution in [0.15, 0.2) is 49.1 Å². The Morgan fingerprint density at radius 3 is 1.50 bits per heavy atom. The van der Waals surface area contributed by atoms with Gasteiger partial charge >= 0.3 is 0 Å². The number of likely N-dealkylation sites (N-methyl/N-ethyl adjacent to an activating group) is 1. The van der Waals surface area contributed by atoms with Gasteiger partial charge in [0.05, 0.1) is 0 Å². The van der Waals surface area contributed by atoms with Crippen molar-refractivity contribution in [2.75, 3.05) is 20.1 Å². The van der Waals surface area contributed by atoms with Crippen molar-refractivity contribution < 1.29 is 9.47 Å². The Labute approximate surface area is 249 Å². The van der Waals surface area contributed by atoms with Crippen LogP contribution >= 0.6 is 0 Å². The van der Waals surface area contributed by atoms with E-state index in [0.717, 1.165) is 38.8 Å². The molecule has 2 fully saturated rings. The third-order valence-electron chi connectivity index (χ3n) is 8.54. The van der Waals surface area contributed by atoms with Crippen molar-refractivity contribution in [1.29, 1.82) is 0 Å². The first-order valence-electron chi connectivity index (χ1n) is 17.3. The van der Waals surface area contributed by atoms with Gasteiger partial charge in [-0.1, -0.05) is 114 Å². The average Bonchev–Trinajstić information content (AvgIpc) is 3.45. The molecule has 0 aliphatic carbocycles. The van der Waals surface area contributed by atoms with Crippen LogP contribution in [0.1, 0.15) is 148 Å². The van der Waals surface area contributed by atoms with Gasteiger partial charge in [-0.2, -0.15) is 0 Å². The summed E-state index contributed by atoms with van der Waals surface area (Å²) in [6, 6.07) is 0. The van der Waals surface area contributed by atoms with Crippen LogP contribution in [-0.4, -0.2) is 43.0 Å². The topological polar surface area (TPSA) is 21.7 Å². The molecule has 2 aliphatic rings. The molecule has 3 nitrogen and oxygen atoms in total. The molecule has 0 radical (unpaired) electrons. The summed E-state index contributed by atoms with van der Waals surface area (Å²) < 4.78 is 13.3. The number of fused-ring (bicyclic) bond motifs is 1. The van der Waals surface area contributed by atoms with Crippen molar-refractivity contribution in [1.82, 2.24) is 4.90 Å². The Morgan fingerprint density at radius 2 is 1.02 bits per heavy atom. The maximum atomic E-state index is 6.67. The van der Waals surface area contributed by atoms with Gasteiger partial charge in [0, 0.05) is 25.9 Å². The second-order valence-corrected chi connectivity index (χ2v) is 12.4. The summed E-state index contributed by atoms with van der Waals surface area (Å²) in [6.07, 6.45) is 44.3. The fourth-order valence-corrected chi connectivity index (χ4v) is 6.15. The molecule has 0 bridgehead atoms. The molecule has 2 atom stereocenters. The van der Waals surface area contributed by atoms with Crippen LogP contribution in [0.25, 0.3) is 0 Å². The van der Waals surface area contributed by atoms with Gasteiger partial charge < -0.3 is 14.4 Å². The van der Waals surface area contributed by atoms with Gasteiger partial charge in [0.1, 0.15) is 12.2 Å². The van der Waals surface area contributed by atoms with Crippen LogP contribution in [0.4, 0.5) is 0 Å². The van der Waals surface area contributed by atoms with E-state index in [1.165, 1.54) is 116 Å². The number of likely N-dealkylation sites (tertiary alicyclic amines) is 1. The summed E-state index contributed by atoms with van der Waals surface area (Å²) in [5.41, 5.74) is 0. The Hall–Kier alpha value is -1.16. The smallest absolute Gasteiger partial charge is 0.169 e. The highest BCUT2D eigenvalue weighted by Gasteiger charge is 2.49. The minimum absolute atomic E-state index is 0.281. The van der Waals surface area contributed by atoms with Crippen LogP contribution in [0.5, 0.6) is 0 Å². The van der Waals surface area contributed by atoms with Crippen molar-refractivity contribution in [2.45, 2.75) is 166 Å². The standard InChI is InChI=1S/C37H65NO2/c1-4-6-8-10-12-14-16-17-18-19-20-22-24-26-28-30-32-37(39-35-33-38(3)34-36(35)40-37)31-29-27-25-23-21-15-13-11-9-7-5-2/h5,9,11-12,14,17-18,35-36H,2,4,6-8,10,13,15-16,19-34H2,1,3H3. The zero-order chi connectivity index (χ0) is 28.6. The van der Waals surface area contributed by atoms with E-state index in [2.05, 4.69) is 61.9 Å². The van der Waals surface area contributed by atoms with E-state index in [-0.39, 0.29) is 18.0 Å². The predicted molar refractivity (Wildman–Crippen MR) is 175 cm³/mol. The summed E-state index contributed by atoms with van der Waals surface area (Å²) in [5.74, 6) is -0.304. The molecular formula is C37H65NO2. The molecule has 0 aromatic rings. The van der Waals surface area contributed by atoms with Crippen molar-refractivity contribution in [3.8, 4) is 0 Å². The van der Waals surface area contributed by atoms with Crippen LogP contribution in [-0.2, 0) is 9.47 Å². The maximum Gasteiger partial charge on any atom is 0.169 e. The van der Waals surface area contributed by atoms with Crippen LogP contribution in [0.3, 0.4) is 0 Å². The lowest BCUT2D eigenvalue weighted by Crippen LogP contribution is -2.34. The largest absolute Gasteiger partial charge is 0.343 e. The highest BCUT2D eigenvalue weighted by molar-refractivity contribution is 4.94. The number of nitrogens with zero attached hydrogens (tertiary/aromatic N) is 1. The average molecular weight is 556 g/mol. The minimum Gasteiger partial charge on any atom is -0.343 e. The van der Waals surface area contributed by atoms with E-state index in [4.69, 9.17) is 9.47 Å². The third-order valence-corrected chi connectivity index (χ3v) is 8.54. The van der Waals surface area contributed by atoms with E-state index in [9.17, 15) is 0 Å². The molecule has 3 heteroatoms. The van der Waals surface area contributed by atoms with Crippen molar-refractivity contribution >= 4 is 0 Å². The summed E-state index contributed by atoms with van der Waals surface area (Å²) in [4.78, 5) is 2.35. The Morgan fingerprint density at radius 1 is 0.600 bits per heavy atom. The summed E-state index contributed by atoms with van der Waals surface area (Å²) in [7, 11) is 2.18. The highest BCUT2D eigenvalue weighted by atomic mass is 16.8. The normalized spacial score (nSPS) is 23.4. The van der Waals surface area contributed by atoms with Crippen molar-refractivity contribution in [3.05, 3.63) is 49.1 Å². The van der Waals surface area contributed by atoms with Gasteiger partial charge in [0.25, 0.3) is 0 Å². The first-order valence-corrected chi connectivity index (χ1v) is 17.3. The molecule has 2 aliphatic heterocycles. The lowest BCUT2D eigenvalue weighted by molar-refractivity contribution is -0.193. The quantitative estimate of drug-likeness (QED) is 0.0782. The molecule has 40 heavy (non-hydrogen) atoms. The SMILES string of the molecule is C=CCC=CCCCCCCCCC1(CCCCCCCCC=CCC=CCCCCC)OC2CN(C)CC2O1. The number of hydrogen-bond acceptors (Lipinski definition) is 3. The zero-order valence-corrected chi connectivity index (χ0v) is 26.6. The lowest BCUT2D eigenvalue weighted by Gasteiger charge is -2.30. The summed E-state index contributed by atoms with van der Waals surface area (Å²) >= 11 is 0. The molecule has 0 amide bonds. The summed E-state index contributed by atoms with van der Waals surface area (Å²) in [5, 5.41) is 0. The second kappa shape index (κ2) is 23.4. The Bertz CT molecular complexity index is 682. The fourth-order valence-electron chi connectivity index (χ4n) is 6.15. The molecule has 0 saturated carbocycles. The number of hydrogen-bond donors (Lipinski definition) is 0. The number of rotatable bonds is 26. The van der Waals surface area contributed by atoms with Crippen LogP contribution < -0.4 is 0 Å². The van der Waals surface area contributed by atoms with Gasteiger partial charge in [-0.15, -0.1) is 6.58 Å². The molecule has 0 aromatic carbocycles. The molecule has 2 saturated heterocycles. The zero-order valence-electron chi connectivity index (χ0n) is 26.6. The van der Waals surface area contributed by atoms with E-state index >= 15 is 0 Å². The molecule has 230 valence electrons. The number of ether oxygens (including phenoxy) is 2. The van der Waals surface area contributed by atoms with E-state index in [0.29, 0.717) is 0 Å².